The third-order valence-corrected chi connectivity index (χ3v) is 5.14. The van der Waals surface area contributed by atoms with Crippen molar-refractivity contribution >= 4 is 17.7 Å². The van der Waals surface area contributed by atoms with E-state index in [0.717, 1.165) is 37.2 Å². The maximum atomic E-state index is 14.2. The lowest BCUT2D eigenvalue weighted by molar-refractivity contribution is -0.0790. The van der Waals surface area contributed by atoms with Crippen LogP contribution in [-0.2, 0) is 0 Å². The van der Waals surface area contributed by atoms with Gasteiger partial charge in [0.25, 0.3) is 0 Å². The Morgan fingerprint density at radius 3 is 2.38 bits per heavy atom. The van der Waals surface area contributed by atoms with E-state index in [-0.39, 0.29) is 22.6 Å². The zero-order valence-corrected chi connectivity index (χ0v) is 14.6. The first-order chi connectivity index (χ1) is 11.3. The van der Waals surface area contributed by atoms with Gasteiger partial charge in [-0.05, 0) is 61.3 Å². The molecule has 1 aliphatic carbocycles. The zero-order chi connectivity index (χ0) is 17.7. The van der Waals surface area contributed by atoms with E-state index in [1.807, 2.05) is 0 Å². The largest absolute Gasteiger partial charge is 0.409 e. The summed E-state index contributed by atoms with van der Waals surface area (Å²) in [5.74, 6) is 0.303. The summed E-state index contributed by atoms with van der Waals surface area (Å²) in [5, 5.41) is 0.0404. The molecular weight excluding hydrogens is 340 g/mol. The van der Waals surface area contributed by atoms with Gasteiger partial charge in [0.05, 0.1) is 5.02 Å². The second-order valence-corrected chi connectivity index (χ2v) is 7.04. The lowest BCUT2D eigenvalue weighted by atomic mass is 9.77. The van der Waals surface area contributed by atoms with Crippen LogP contribution in [0, 0.1) is 11.7 Å². The summed E-state index contributed by atoms with van der Waals surface area (Å²) in [4.78, 5) is 0. The van der Waals surface area contributed by atoms with Crippen molar-refractivity contribution in [3.63, 3.8) is 0 Å². The Balaban J connectivity index is 2.07. The Morgan fingerprint density at radius 1 is 1.17 bits per heavy atom. The first-order valence-electron chi connectivity index (χ1n) is 8.55. The Kier molecular flexibility index (Phi) is 6.73. The predicted molar refractivity (Wildman–Crippen MR) is 90.7 cm³/mol. The normalized spacial score (nSPS) is 22.2. The highest BCUT2D eigenvalue weighted by Crippen LogP contribution is 2.39. The average Bonchev–Trinajstić information content (AvgIpc) is 2.51. The maximum Gasteiger partial charge on any atom is 0.409 e. The van der Waals surface area contributed by atoms with Crippen LogP contribution < -0.4 is 0 Å². The van der Waals surface area contributed by atoms with Crippen LogP contribution in [0.15, 0.2) is 18.2 Å². The molecule has 0 amide bonds. The summed E-state index contributed by atoms with van der Waals surface area (Å²) in [6.45, 7) is 2.19. The van der Waals surface area contributed by atoms with Crippen molar-refractivity contribution in [1.82, 2.24) is 0 Å². The number of hydrogen-bond acceptors (Lipinski definition) is 0. The molecule has 0 radical (unpaired) electrons. The van der Waals surface area contributed by atoms with Gasteiger partial charge in [-0.3, -0.25) is 0 Å². The minimum absolute atomic E-state index is 0.00982. The van der Waals surface area contributed by atoms with Gasteiger partial charge >= 0.3 is 6.18 Å². The maximum absolute atomic E-state index is 14.2. The third kappa shape index (κ3) is 5.51. The summed E-state index contributed by atoms with van der Waals surface area (Å²) in [6.07, 6.45) is 4.15. The van der Waals surface area contributed by atoms with Crippen LogP contribution in [0.4, 0.5) is 17.6 Å². The number of hydrogen-bond donors (Lipinski definition) is 0. The number of benzene rings is 1. The van der Waals surface area contributed by atoms with Gasteiger partial charge in [0.2, 0.25) is 0 Å². The molecule has 0 N–H and O–H groups in total. The van der Waals surface area contributed by atoms with E-state index in [1.165, 1.54) is 25.3 Å². The van der Waals surface area contributed by atoms with Crippen molar-refractivity contribution in [2.75, 3.05) is 0 Å². The SMILES string of the molecule is CCCCC1CCC(c2cc(F)c(C=CC(F)(F)F)c(Cl)c2)CC1. The monoisotopic (exact) mass is 362 g/mol. The highest BCUT2D eigenvalue weighted by atomic mass is 35.5. The lowest BCUT2D eigenvalue weighted by Crippen LogP contribution is -2.13. The Labute approximate surface area is 145 Å². The van der Waals surface area contributed by atoms with Crippen molar-refractivity contribution in [3.8, 4) is 0 Å². The molecule has 0 atom stereocenters. The number of rotatable bonds is 5. The summed E-state index contributed by atoms with van der Waals surface area (Å²) in [6, 6.07) is 2.97. The molecule has 1 aromatic rings. The first kappa shape index (κ1) is 19.3. The number of allylic oxidation sites excluding steroid dienone is 1. The minimum atomic E-state index is -4.48. The molecule has 24 heavy (non-hydrogen) atoms. The molecule has 0 aliphatic heterocycles. The van der Waals surface area contributed by atoms with Crippen molar-refractivity contribution in [3.05, 3.63) is 40.2 Å². The van der Waals surface area contributed by atoms with Crippen molar-refractivity contribution in [2.24, 2.45) is 5.92 Å². The Hall–Kier alpha value is -1.03. The first-order valence-corrected chi connectivity index (χ1v) is 8.93. The van der Waals surface area contributed by atoms with E-state index in [4.69, 9.17) is 11.6 Å². The average molecular weight is 363 g/mol. The molecule has 1 aliphatic rings. The molecule has 5 heteroatoms. The molecule has 0 saturated heterocycles. The predicted octanol–water partition coefficient (Wildman–Crippen LogP) is 7.52. The van der Waals surface area contributed by atoms with Crippen LogP contribution in [-0.4, -0.2) is 6.18 Å². The van der Waals surface area contributed by atoms with E-state index >= 15 is 0 Å². The number of alkyl halides is 3. The standard InChI is InChI=1S/C19H23ClF4/c1-2-3-4-13-5-7-14(8-6-13)15-11-17(20)16(18(21)12-15)9-10-19(22,23)24/h9-14H,2-8H2,1H3. The van der Waals surface area contributed by atoms with E-state index < -0.39 is 12.0 Å². The molecule has 2 rings (SSSR count). The molecule has 0 spiro atoms. The molecule has 1 fully saturated rings. The van der Waals surface area contributed by atoms with Crippen LogP contribution in [0.3, 0.4) is 0 Å². The molecular formula is C19H23ClF4. The van der Waals surface area contributed by atoms with Crippen LogP contribution in [0.1, 0.15) is 68.9 Å². The molecule has 0 unspecified atom stereocenters. The van der Waals surface area contributed by atoms with Crippen molar-refractivity contribution in [1.29, 1.82) is 0 Å². The molecule has 0 nitrogen and oxygen atoms in total. The fourth-order valence-corrected chi connectivity index (χ4v) is 3.73. The van der Waals surface area contributed by atoms with Gasteiger partial charge in [-0.15, -0.1) is 0 Å². The zero-order valence-electron chi connectivity index (χ0n) is 13.8. The molecule has 0 heterocycles. The Bertz CT molecular complexity index is 546. The van der Waals surface area contributed by atoms with Gasteiger partial charge in [-0.25, -0.2) is 4.39 Å². The number of unbranched alkanes of at least 4 members (excludes halogenated alkanes) is 1. The van der Waals surface area contributed by atoms with Gasteiger partial charge in [0, 0.05) is 11.6 Å². The van der Waals surface area contributed by atoms with Gasteiger partial charge in [-0.1, -0.05) is 37.8 Å². The summed E-state index contributed by atoms with van der Waals surface area (Å²) < 4.78 is 50.9. The molecule has 1 aromatic carbocycles. The van der Waals surface area contributed by atoms with Gasteiger partial charge in [-0.2, -0.15) is 13.2 Å². The summed E-state index contributed by atoms with van der Waals surface area (Å²) in [7, 11) is 0. The van der Waals surface area contributed by atoms with Gasteiger partial charge in [0.1, 0.15) is 5.82 Å². The van der Waals surface area contributed by atoms with Crippen LogP contribution in [0.2, 0.25) is 5.02 Å². The van der Waals surface area contributed by atoms with Crippen LogP contribution >= 0.6 is 11.6 Å². The Morgan fingerprint density at radius 2 is 1.83 bits per heavy atom. The molecule has 134 valence electrons. The summed E-state index contributed by atoms with van der Waals surface area (Å²) >= 11 is 6.02. The van der Waals surface area contributed by atoms with Gasteiger partial charge in [0.15, 0.2) is 0 Å². The number of halogens is 5. The minimum Gasteiger partial charge on any atom is -0.206 e. The highest BCUT2D eigenvalue weighted by Gasteiger charge is 2.25. The van der Waals surface area contributed by atoms with E-state index in [0.29, 0.717) is 6.08 Å². The third-order valence-electron chi connectivity index (χ3n) is 4.82. The van der Waals surface area contributed by atoms with Crippen molar-refractivity contribution < 1.29 is 17.6 Å². The van der Waals surface area contributed by atoms with Crippen molar-refractivity contribution in [2.45, 2.75) is 64.0 Å². The molecule has 1 saturated carbocycles. The van der Waals surface area contributed by atoms with E-state index in [2.05, 4.69) is 6.92 Å². The molecule has 0 bridgehead atoms. The topological polar surface area (TPSA) is 0 Å². The fourth-order valence-electron chi connectivity index (χ4n) is 3.45. The second-order valence-electron chi connectivity index (χ2n) is 6.63. The van der Waals surface area contributed by atoms with Crippen LogP contribution in [0.25, 0.3) is 6.08 Å². The van der Waals surface area contributed by atoms with E-state index in [9.17, 15) is 17.6 Å². The lowest BCUT2D eigenvalue weighted by Gasteiger charge is -2.29. The highest BCUT2D eigenvalue weighted by molar-refractivity contribution is 6.32. The van der Waals surface area contributed by atoms with Crippen LogP contribution in [0.5, 0.6) is 0 Å². The van der Waals surface area contributed by atoms with Gasteiger partial charge < -0.3 is 0 Å². The molecule has 0 aromatic heterocycles. The van der Waals surface area contributed by atoms with E-state index in [1.54, 1.807) is 6.07 Å². The second kappa shape index (κ2) is 8.37. The quantitative estimate of drug-likeness (QED) is 0.475. The smallest absolute Gasteiger partial charge is 0.206 e. The summed E-state index contributed by atoms with van der Waals surface area (Å²) in [5.41, 5.74) is 0.602. The fraction of sp³-hybridized carbons (Fsp3) is 0.579.